The van der Waals surface area contributed by atoms with Gasteiger partial charge in [-0.3, -0.25) is 10.1 Å². The van der Waals surface area contributed by atoms with Crippen molar-refractivity contribution in [3.63, 3.8) is 0 Å². The van der Waals surface area contributed by atoms with Gasteiger partial charge >= 0.3 is 5.69 Å². The van der Waals surface area contributed by atoms with Crippen LogP contribution >= 0.6 is 15.9 Å². The SMILES string of the molecule is Cc1cc(Cn2nnn(-c3ccc(Br)cc3F)c2=O)ccc1[N+](=O)[O-]. The molecule has 0 amide bonds. The topological polar surface area (TPSA) is 95.8 Å². The average molecular weight is 408 g/mol. The number of tetrazole rings is 1. The lowest BCUT2D eigenvalue weighted by Gasteiger charge is -2.03. The van der Waals surface area contributed by atoms with Crippen molar-refractivity contribution in [2.24, 2.45) is 0 Å². The quantitative estimate of drug-likeness (QED) is 0.489. The van der Waals surface area contributed by atoms with Crippen molar-refractivity contribution in [3.8, 4) is 5.69 Å². The van der Waals surface area contributed by atoms with E-state index in [1.54, 1.807) is 19.1 Å². The first-order valence-electron chi connectivity index (χ1n) is 7.09. The molecule has 0 fully saturated rings. The summed E-state index contributed by atoms with van der Waals surface area (Å²) in [5.41, 5.74) is 0.490. The Labute approximate surface area is 148 Å². The maximum Gasteiger partial charge on any atom is 0.368 e. The summed E-state index contributed by atoms with van der Waals surface area (Å²) in [6.07, 6.45) is 0. The van der Waals surface area contributed by atoms with E-state index in [9.17, 15) is 19.3 Å². The molecule has 10 heteroatoms. The monoisotopic (exact) mass is 407 g/mol. The van der Waals surface area contributed by atoms with Crippen LogP contribution in [-0.4, -0.2) is 24.7 Å². The van der Waals surface area contributed by atoms with Gasteiger partial charge in [-0.05, 0) is 47.2 Å². The summed E-state index contributed by atoms with van der Waals surface area (Å²) in [4.78, 5) is 22.8. The summed E-state index contributed by atoms with van der Waals surface area (Å²) in [6.45, 7) is 1.67. The number of halogens is 2. The van der Waals surface area contributed by atoms with Crippen molar-refractivity contribution in [2.45, 2.75) is 13.5 Å². The Kier molecular flexibility index (Phi) is 4.45. The Morgan fingerprint density at radius 2 is 2.00 bits per heavy atom. The van der Waals surface area contributed by atoms with Gasteiger partial charge in [0.15, 0.2) is 0 Å². The van der Waals surface area contributed by atoms with E-state index in [4.69, 9.17) is 0 Å². The minimum atomic E-state index is -0.616. The van der Waals surface area contributed by atoms with Crippen molar-refractivity contribution >= 4 is 21.6 Å². The molecule has 0 spiro atoms. The minimum Gasteiger partial charge on any atom is -0.258 e. The molecule has 0 N–H and O–H groups in total. The van der Waals surface area contributed by atoms with Crippen LogP contribution in [0.5, 0.6) is 0 Å². The van der Waals surface area contributed by atoms with Crippen molar-refractivity contribution in [2.75, 3.05) is 0 Å². The van der Waals surface area contributed by atoms with Gasteiger partial charge in [-0.1, -0.05) is 22.0 Å². The molecule has 0 aliphatic rings. The first-order chi connectivity index (χ1) is 11.9. The first kappa shape index (κ1) is 17.0. The molecular weight excluding hydrogens is 397 g/mol. The molecule has 1 heterocycles. The molecule has 128 valence electrons. The molecule has 0 saturated heterocycles. The van der Waals surface area contributed by atoms with Crippen LogP contribution in [0.4, 0.5) is 10.1 Å². The predicted molar refractivity (Wildman–Crippen MR) is 90.2 cm³/mol. The lowest BCUT2D eigenvalue weighted by Crippen LogP contribution is -2.25. The molecule has 25 heavy (non-hydrogen) atoms. The van der Waals surface area contributed by atoms with Crippen LogP contribution in [-0.2, 0) is 6.54 Å². The van der Waals surface area contributed by atoms with Crippen LogP contribution in [0, 0.1) is 22.9 Å². The lowest BCUT2D eigenvalue weighted by molar-refractivity contribution is -0.385. The third-order valence-electron chi connectivity index (χ3n) is 3.57. The van der Waals surface area contributed by atoms with Crippen LogP contribution in [0.2, 0.25) is 0 Å². The standard InChI is InChI=1S/C15H11BrFN5O3/c1-9-6-10(2-4-13(9)22(24)25)8-20-15(23)21(19-18-20)14-5-3-11(16)7-12(14)17/h2-7H,8H2,1H3. The molecule has 0 aliphatic carbocycles. The molecule has 3 aromatic rings. The number of hydrogen-bond acceptors (Lipinski definition) is 5. The molecule has 0 saturated carbocycles. The van der Waals surface area contributed by atoms with Crippen LogP contribution in [0.15, 0.2) is 45.7 Å². The van der Waals surface area contributed by atoms with Crippen molar-refractivity contribution in [3.05, 3.63) is 78.4 Å². The normalized spacial score (nSPS) is 10.8. The van der Waals surface area contributed by atoms with Crippen LogP contribution in [0.3, 0.4) is 0 Å². The van der Waals surface area contributed by atoms with Crippen molar-refractivity contribution in [1.82, 2.24) is 19.8 Å². The lowest BCUT2D eigenvalue weighted by atomic mass is 10.1. The number of nitrogens with zero attached hydrogens (tertiary/aromatic N) is 5. The largest absolute Gasteiger partial charge is 0.368 e. The Morgan fingerprint density at radius 1 is 1.24 bits per heavy atom. The highest BCUT2D eigenvalue weighted by molar-refractivity contribution is 9.10. The van der Waals surface area contributed by atoms with Gasteiger partial charge in [0.1, 0.15) is 11.5 Å². The van der Waals surface area contributed by atoms with Gasteiger partial charge < -0.3 is 0 Å². The highest BCUT2D eigenvalue weighted by Crippen LogP contribution is 2.19. The van der Waals surface area contributed by atoms with Gasteiger partial charge in [0.05, 0.1) is 11.5 Å². The predicted octanol–water partition coefficient (Wildman–Crippen LogP) is 2.60. The zero-order valence-electron chi connectivity index (χ0n) is 12.9. The van der Waals surface area contributed by atoms with Gasteiger partial charge in [-0.25, -0.2) is 9.18 Å². The number of nitro groups is 1. The van der Waals surface area contributed by atoms with Gasteiger partial charge in [-0.15, -0.1) is 0 Å². The number of hydrogen-bond donors (Lipinski definition) is 0. The van der Waals surface area contributed by atoms with E-state index in [1.807, 2.05) is 0 Å². The van der Waals surface area contributed by atoms with Gasteiger partial charge in [0.25, 0.3) is 5.69 Å². The summed E-state index contributed by atoms with van der Waals surface area (Å²) < 4.78 is 16.5. The maximum absolute atomic E-state index is 14.0. The smallest absolute Gasteiger partial charge is 0.258 e. The highest BCUT2D eigenvalue weighted by atomic mass is 79.9. The van der Waals surface area contributed by atoms with Gasteiger partial charge in [0, 0.05) is 16.1 Å². The van der Waals surface area contributed by atoms with E-state index in [2.05, 4.69) is 26.4 Å². The average Bonchev–Trinajstić information content (AvgIpc) is 2.88. The fourth-order valence-corrected chi connectivity index (χ4v) is 2.70. The molecular formula is C15H11BrFN5O3. The number of nitro benzene ring substituents is 1. The fourth-order valence-electron chi connectivity index (χ4n) is 2.37. The third-order valence-corrected chi connectivity index (χ3v) is 4.06. The Bertz CT molecular complexity index is 1030. The summed E-state index contributed by atoms with van der Waals surface area (Å²) >= 11 is 3.14. The Morgan fingerprint density at radius 3 is 2.64 bits per heavy atom. The zero-order chi connectivity index (χ0) is 18.1. The van der Waals surface area contributed by atoms with Crippen molar-refractivity contribution in [1.29, 1.82) is 0 Å². The van der Waals surface area contributed by atoms with Crippen LogP contribution in [0.1, 0.15) is 11.1 Å². The van der Waals surface area contributed by atoms with E-state index >= 15 is 0 Å². The zero-order valence-corrected chi connectivity index (χ0v) is 14.5. The number of aryl methyl sites for hydroxylation is 1. The Balaban J connectivity index is 1.93. The third kappa shape index (κ3) is 3.33. The second-order valence-corrected chi connectivity index (χ2v) is 6.22. The van der Waals surface area contributed by atoms with E-state index in [0.29, 0.717) is 15.6 Å². The molecule has 0 radical (unpaired) electrons. The van der Waals surface area contributed by atoms with E-state index < -0.39 is 16.4 Å². The summed E-state index contributed by atoms with van der Waals surface area (Å²) in [5, 5.41) is 18.3. The molecule has 0 unspecified atom stereocenters. The highest BCUT2D eigenvalue weighted by Gasteiger charge is 2.15. The molecule has 0 bridgehead atoms. The van der Waals surface area contributed by atoms with Crippen LogP contribution < -0.4 is 5.69 Å². The number of benzene rings is 2. The number of aromatic nitrogens is 4. The molecule has 0 atom stereocenters. The minimum absolute atomic E-state index is 0.00307. The molecule has 0 aliphatic heterocycles. The van der Waals surface area contributed by atoms with E-state index in [-0.39, 0.29) is 17.9 Å². The second-order valence-electron chi connectivity index (χ2n) is 5.30. The van der Waals surface area contributed by atoms with Crippen molar-refractivity contribution < 1.29 is 9.31 Å². The molecule has 2 aromatic carbocycles. The number of rotatable bonds is 4. The van der Waals surface area contributed by atoms with E-state index in [1.165, 1.54) is 24.3 Å². The second kappa shape index (κ2) is 6.55. The first-order valence-corrected chi connectivity index (χ1v) is 7.88. The summed E-state index contributed by atoms with van der Waals surface area (Å²) in [6, 6.07) is 8.73. The van der Waals surface area contributed by atoms with Gasteiger partial charge in [-0.2, -0.15) is 9.36 Å². The molecule has 1 aromatic heterocycles. The van der Waals surface area contributed by atoms with Crippen LogP contribution in [0.25, 0.3) is 5.69 Å². The molecule has 3 rings (SSSR count). The summed E-state index contributed by atoms with van der Waals surface area (Å²) in [7, 11) is 0. The van der Waals surface area contributed by atoms with E-state index in [0.717, 1.165) is 9.36 Å². The summed E-state index contributed by atoms with van der Waals surface area (Å²) in [5.74, 6) is -0.616. The fraction of sp³-hybridized carbons (Fsp3) is 0.133. The van der Waals surface area contributed by atoms with Gasteiger partial charge in [0.2, 0.25) is 0 Å². The Hall–Kier alpha value is -2.88. The maximum atomic E-state index is 14.0. The molecule has 8 nitrogen and oxygen atoms in total.